The molecular formula is C30H40N4O4. The van der Waals surface area contributed by atoms with Crippen molar-refractivity contribution in [3.8, 4) is 5.75 Å². The fourth-order valence-corrected chi connectivity index (χ4v) is 4.88. The number of aliphatic carboxylic acids is 1. The molecule has 0 bridgehead atoms. The summed E-state index contributed by atoms with van der Waals surface area (Å²) in [4.78, 5) is 14.9. The van der Waals surface area contributed by atoms with Gasteiger partial charge in [-0.15, -0.1) is 5.10 Å². The van der Waals surface area contributed by atoms with Gasteiger partial charge in [0.05, 0.1) is 18.2 Å². The van der Waals surface area contributed by atoms with Crippen LogP contribution in [-0.4, -0.2) is 43.6 Å². The first-order valence-corrected chi connectivity index (χ1v) is 13.4. The summed E-state index contributed by atoms with van der Waals surface area (Å²) in [5.41, 5.74) is 2.65. The third kappa shape index (κ3) is 5.61. The van der Waals surface area contributed by atoms with E-state index < -0.39 is 17.0 Å². The largest absolute Gasteiger partial charge is 0.489 e. The molecule has 3 aromatic rings. The van der Waals surface area contributed by atoms with Gasteiger partial charge in [-0.05, 0) is 63.8 Å². The molecule has 0 saturated heterocycles. The standard InChI is InChI=1S/C30H40N4O4/c1-7-26-19-33(16-22-11-9-10-12-27(22)38-26)17-23-15-24(14-13-21(23)3)30(6,29(4,5)28(35)36)37-20-25-18-34(8-2)32-31-25/h9-15,18,26H,7-8,16-17,19-20H2,1-6H3,(H,35,36)/t26-,30?/m1/s1. The first-order chi connectivity index (χ1) is 18.1. The number of hydrogen-bond donors (Lipinski definition) is 1. The Balaban J connectivity index is 1.65. The zero-order valence-electron chi connectivity index (χ0n) is 23.4. The molecule has 1 aromatic heterocycles. The number of aromatic nitrogens is 3. The van der Waals surface area contributed by atoms with Gasteiger partial charge in [0.15, 0.2) is 0 Å². The van der Waals surface area contributed by atoms with E-state index in [4.69, 9.17) is 9.47 Å². The third-order valence-corrected chi connectivity index (χ3v) is 8.02. The first-order valence-electron chi connectivity index (χ1n) is 13.4. The van der Waals surface area contributed by atoms with Crippen LogP contribution >= 0.6 is 0 Å². The van der Waals surface area contributed by atoms with Gasteiger partial charge < -0.3 is 14.6 Å². The number of benzene rings is 2. The molecule has 0 spiro atoms. The van der Waals surface area contributed by atoms with Crippen molar-refractivity contribution < 1.29 is 19.4 Å². The average Bonchev–Trinajstić information content (AvgIpc) is 3.29. The zero-order valence-corrected chi connectivity index (χ0v) is 23.4. The fraction of sp³-hybridized carbons (Fsp3) is 0.500. The lowest BCUT2D eigenvalue weighted by Gasteiger charge is -2.41. The number of fused-ring (bicyclic) bond motifs is 1. The van der Waals surface area contributed by atoms with E-state index in [1.807, 2.05) is 44.3 Å². The van der Waals surface area contributed by atoms with Gasteiger partial charge in [0.2, 0.25) is 0 Å². The minimum absolute atomic E-state index is 0.109. The van der Waals surface area contributed by atoms with E-state index in [-0.39, 0.29) is 12.7 Å². The molecule has 2 aromatic carbocycles. The normalized spacial score (nSPS) is 17.8. The zero-order chi connectivity index (χ0) is 27.5. The quantitative estimate of drug-likeness (QED) is 0.387. The van der Waals surface area contributed by atoms with Crippen LogP contribution in [0.2, 0.25) is 0 Å². The van der Waals surface area contributed by atoms with E-state index in [2.05, 4.69) is 47.3 Å². The van der Waals surface area contributed by atoms with Crippen molar-refractivity contribution in [3.63, 3.8) is 0 Å². The van der Waals surface area contributed by atoms with Gasteiger partial charge in [0, 0.05) is 31.7 Å². The lowest BCUT2D eigenvalue weighted by molar-refractivity contribution is -0.177. The van der Waals surface area contributed by atoms with Crippen LogP contribution in [-0.2, 0) is 41.4 Å². The number of carboxylic acid groups (broad SMARTS) is 1. The van der Waals surface area contributed by atoms with Crippen LogP contribution in [0.15, 0.2) is 48.7 Å². The van der Waals surface area contributed by atoms with Gasteiger partial charge in [-0.3, -0.25) is 14.4 Å². The van der Waals surface area contributed by atoms with Crippen molar-refractivity contribution in [3.05, 3.63) is 76.6 Å². The van der Waals surface area contributed by atoms with Crippen LogP contribution in [0.3, 0.4) is 0 Å². The van der Waals surface area contributed by atoms with E-state index in [0.717, 1.165) is 48.5 Å². The molecule has 2 atom stereocenters. The van der Waals surface area contributed by atoms with E-state index in [9.17, 15) is 9.90 Å². The van der Waals surface area contributed by atoms with E-state index in [0.29, 0.717) is 12.2 Å². The van der Waals surface area contributed by atoms with Crippen molar-refractivity contribution in [1.29, 1.82) is 0 Å². The number of carbonyl (C=O) groups is 1. The highest BCUT2D eigenvalue weighted by Crippen LogP contribution is 2.44. The van der Waals surface area contributed by atoms with Crippen molar-refractivity contribution in [2.24, 2.45) is 5.41 Å². The number of ether oxygens (including phenoxy) is 2. The number of hydrogen-bond acceptors (Lipinski definition) is 6. The van der Waals surface area contributed by atoms with Gasteiger partial charge in [-0.1, -0.05) is 48.5 Å². The third-order valence-electron chi connectivity index (χ3n) is 8.02. The van der Waals surface area contributed by atoms with E-state index in [1.165, 1.54) is 5.56 Å². The molecule has 1 unspecified atom stereocenters. The molecule has 204 valence electrons. The highest BCUT2D eigenvalue weighted by atomic mass is 16.5. The maximum atomic E-state index is 12.5. The molecule has 0 fully saturated rings. The van der Waals surface area contributed by atoms with Gasteiger partial charge in [0.25, 0.3) is 0 Å². The minimum Gasteiger partial charge on any atom is -0.489 e. The molecule has 1 N–H and O–H groups in total. The van der Waals surface area contributed by atoms with Crippen LogP contribution in [0.1, 0.15) is 69.0 Å². The Morgan fingerprint density at radius 2 is 1.95 bits per heavy atom. The lowest BCUT2D eigenvalue weighted by atomic mass is 9.71. The van der Waals surface area contributed by atoms with Crippen LogP contribution in [0.4, 0.5) is 0 Å². The highest BCUT2D eigenvalue weighted by Gasteiger charge is 2.49. The number of rotatable bonds is 10. The van der Waals surface area contributed by atoms with Crippen molar-refractivity contribution >= 4 is 5.97 Å². The number of nitrogens with zero attached hydrogens (tertiary/aromatic N) is 4. The van der Waals surface area contributed by atoms with Crippen LogP contribution in [0, 0.1) is 12.3 Å². The first kappa shape index (κ1) is 27.8. The average molecular weight is 521 g/mol. The molecule has 0 amide bonds. The molecule has 0 radical (unpaired) electrons. The second-order valence-corrected chi connectivity index (χ2v) is 10.9. The Morgan fingerprint density at radius 1 is 1.18 bits per heavy atom. The maximum Gasteiger partial charge on any atom is 0.312 e. The van der Waals surface area contributed by atoms with Crippen molar-refractivity contribution in [1.82, 2.24) is 19.9 Å². The molecule has 38 heavy (non-hydrogen) atoms. The Kier molecular flexibility index (Phi) is 8.23. The SMILES string of the molecule is CC[C@@H]1CN(Cc2cc(C(C)(OCc3cn(CC)nn3)C(C)(C)C(=O)O)ccc2C)Cc2ccccc2O1. The van der Waals surface area contributed by atoms with Gasteiger partial charge >= 0.3 is 5.97 Å². The predicted molar refractivity (Wildman–Crippen MR) is 146 cm³/mol. The van der Waals surface area contributed by atoms with Gasteiger partial charge in [-0.2, -0.15) is 0 Å². The molecule has 0 saturated carbocycles. The topological polar surface area (TPSA) is 89.7 Å². The van der Waals surface area contributed by atoms with Gasteiger partial charge in [0.1, 0.15) is 23.1 Å². The molecule has 2 heterocycles. The molecule has 1 aliphatic rings. The van der Waals surface area contributed by atoms with E-state index in [1.54, 1.807) is 18.5 Å². The summed E-state index contributed by atoms with van der Waals surface area (Å²) < 4.78 is 14.5. The Hall–Kier alpha value is -3.23. The summed E-state index contributed by atoms with van der Waals surface area (Å²) in [6.07, 6.45) is 2.86. The second kappa shape index (κ2) is 11.3. The molecule has 1 aliphatic heterocycles. The summed E-state index contributed by atoms with van der Waals surface area (Å²) in [5, 5.41) is 18.5. The summed E-state index contributed by atoms with van der Waals surface area (Å²) in [6.45, 7) is 14.7. The molecule has 8 heteroatoms. The Labute approximate surface area is 225 Å². The maximum absolute atomic E-state index is 12.5. The van der Waals surface area contributed by atoms with E-state index >= 15 is 0 Å². The highest BCUT2D eigenvalue weighted by molar-refractivity contribution is 5.75. The summed E-state index contributed by atoms with van der Waals surface area (Å²) in [5.74, 6) is 0.0305. The lowest BCUT2D eigenvalue weighted by Crippen LogP contribution is -2.47. The van der Waals surface area contributed by atoms with Crippen molar-refractivity contribution in [2.75, 3.05) is 6.54 Å². The summed E-state index contributed by atoms with van der Waals surface area (Å²) in [6, 6.07) is 14.4. The molecular weight excluding hydrogens is 480 g/mol. The second-order valence-electron chi connectivity index (χ2n) is 10.9. The van der Waals surface area contributed by atoms with Crippen LogP contribution in [0.5, 0.6) is 5.75 Å². The van der Waals surface area contributed by atoms with Gasteiger partial charge in [-0.25, -0.2) is 0 Å². The fourth-order valence-electron chi connectivity index (χ4n) is 4.88. The number of para-hydroxylation sites is 1. The van der Waals surface area contributed by atoms with Crippen molar-refractivity contribution in [2.45, 2.75) is 85.9 Å². The smallest absolute Gasteiger partial charge is 0.312 e. The summed E-state index contributed by atoms with van der Waals surface area (Å²) >= 11 is 0. The molecule has 0 aliphatic carbocycles. The predicted octanol–water partition coefficient (Wildman–Crippen LogP) is 5.32. The van der Waals surface area contributed by atoms with Crippen LogP contribution < -0.4 is 4.74 Å². The Bertz CT molecular complexity index is 1270. The molecule has 8 nitrogen and oxygen atoms in total. The monoisotopic (exact) mass is 520 g/mol. The summed E-state index contributed by atoms with van der Waals surface area (Å²) in [7, 11) is 0. The van der Waals surface area contributed by atoms with Crippen LogP contribution in [0.25, 0.3) is 0 Å². The number of aryl methyl sites for hydroxylation is 2. The Morgan fingerprint density at radius 3 is 2.63 bits per heavy atom. The minimum atomic E-state index is -1.21. The number of carboxylic acids is 1. The molecule has 4 rings (SSSR count).